The highest BCUT2D eigenvalue weighted by Gasteiger charge is 2.44. The van der Waals surface area contributed by atoms with Crippen molar-refractivity contribution in [3.63, 3.8) is 0 Å². The van der Waals surface area contributed by atoms with Gasteiger partial charge in [-0.05, 0) is 18.1 Å². The summed E-state index contributed by atoms with van der Waals surface area (Å²) >= 11 is 0. The normalized spacial score (nSPS) is 14.9. The van der Waals surface area contributed by atoms with E-state index >= 15 is 0 Å². The van der Waals surface area contributed by atoms with Crippen LogP contribution in [0.4, 0.5) is 23.2 Å². The number of carbonyl (C=O) groups excluding carboxylic acids is 1. The number of nitrogens with zero attached hydrogens (tertiary/aromatic N) is 2. The Balaban J connectivity index is 2.41. The molecule has 0 bridgehead atoms. The number of fused-ring (bicyclic) bond motifs is 1. The summed E-state index contributed by atoms with van der Waals surface area (Å²) in [5, 5.41) is 10.8. The van der Waals surface area contributed by atoms with E-state index < -0.39 is 35.1 Å². The molecule has 0 aliphatic carbocycles. The fourth-order valence-electron chi connectivity index (χ4n) is 2.14. The van der Waals surface area contributed by atoms with E-state index in [1.165, 1.54) is 6.07 Å². The molecule has 0 radical (unpaired) electrons. The van der Waals surface area contributed by atoms with E-state index in [0.717, 1.165) is 6.07 Å². The van der Waals surface area contributed by atoms with Gasteiger partial charge in [0.15, 0.2) is 0 Å². The van der Waals surface area contributed by atoms with Crippen molar-refractivity contribution in [2.45, 2.75) is 19.1 Å². The van der Waals surface area contributed by atoms with Crippen LogP contribution >= 0.6 is 0 Å². The van der Waals surface area contributed by atoms with Gasteiger partial charge in [0, 0.05) is 6.54 Å². The molecule has 20 heavy (non-hydrogen) atoms. The molecule has 0 aromatic heterocycles. The molecule has 1 aromatic carbocycles. The van der Waals surface area contributed by atoms with Crippen molar-refractivity contribution in [2.24, 2.45) is 0 Å². The average Bonchev–Trinajstić information content (AvgIpc) is 2.35. The second-order valence-electron chi connectivity index (χ2n) is 4.27. The fourth-order valence-corrected chi connectivity index (χ4v) is 2.14. The Morgan fingerprint density at radius 3 is 2.55 bits per heavy atom. The van der Waals surface area contributed by atoms with E-state index in [1.807, 2.05) is 0 Å². The van der Waals surface area contributed by atoms with Crippen LogP contribution in [-0.2, 0) is 17.8 Å². The Hall–Kier alpha value is -2.19. The molecule has 1 aromatic rings. The summed E-state index contributed by atoms with van der Waals surface area (Å²) < 4.78 is 50.5. The number of carbonyl (C=O) groups is 1. The topological polar surface area (TPSA) is 63.5 Å². The van der Waals surface area contributed by atoms with Crippen LogP contribution < -0.4 is 0 Å². The van der Waals surface area contributed by atoms with Crippen molar-refractivity contribution in [3.05, 3.63) is 39.2 Å². The van der Waals surface area contributed by atoms with Crippen molar-refractivity contribution in [3.8, 4) is 0 Å². The highest BCUT2D eigenvalue weighted by molar-refractivity contribution is 5.82. The van der Waals surface area contributed by atoms with E-state index in [0.29, 0.717) is 10.5 Å². The molecule has 0 atom stereocenters. The minimum atomic E-state index is -5.06. The van der Waals surface area contributed by atoms with Crippen molar-refractivity contribution >= 4 is 11.6 Å². The third-order valence-corrected chi connectivity index (χ3v) is 3.04. The van der Waals surface area contributed by atoms with Crippen molar-refractivity contribution in [2.75, 3.05) is 6.54 Å². The van der Waals surface area contributed by atoms with Crippen LogP contribution in [0.5, 0.6) is 0 Å². The first-order valence-corrected chi connectivity index (χ1v) is 5.52. The minimum Gasteiger partial charge on any atom is -0.330 e. The number of hydrogen-bond donors (Lipinski definition) is 0. The first-order chi connectivity index (χ1) is 9.21. The molecule has 0 unspecified atom stereocenters. The van der Waals surface area contributed by atoms with E-state index in [2.05, 4.69) is 0 Å². The standard InChI is InChI=1S/C11H8F4N2O3/c12-8-2-1-6-3-4-16(10(18)11(13,14)15)5-7(6)9(8)17(19)20/h1-2H,3-5H2. The molecule has 1 heterocycles. The summed E-state index contributed by atoms with van der Waals surface area (Å²) in [6.45, 7) is -0.837. The molecular formula is C11H8F4N2O3. The number of alkyl halides is 3. The first kappa shape index (κ1) is 14.2. The molecule has 0 spiro atoms. The zero-order valence-electron chi connectivity index (χ0n) is 9.91. The predicted octanol–water partition coefficient (Wildman–Crippen LogP) is 2.18. The SMILES string of the molecule is O=C(N1CCc2ccc(F)c([N+](=O)[O-])c2C1)C(F)(F)F. The lowest BCUT2D eigenvalue weighted by molar-refractivity contribution is -0.388. The van der Waals surface area contributed by atoms with Gasteiger partial charge in [-0.25, -0.2) is 0 Å². The fraction of sp³-hybridized carbons (Fsp3) is 0.364. The number of nitro benzene ring substituents is 1. The Morgan fingerprint density at radius 2 is 2.00 bits per heavy atom. The molecule has 1 aliphatic heterocycles. The molecular weight excluding hydrogens is 284 g/mol. The van der Waals surface area contributed by atoms with Gasteiger partial charge < -0.3 is 4.90 Å². The molecule has 0 fully saturated rings. The molecule has 108 valence electrons. The number of nitro groups is 1. The summed E-state index contributed by atoms with van der Waals surface area (Å²) in [7, 11) is 0. The number of benzene rings is 1. The van der Waals surface area contributed by atoms with E-state index in [4.69, 9.17) is 0 Å². The summed E-state index contributed by atoms with van der Waals surface area (Å²) in [6, 6.07) is 2.19. The van der Waals surface area contributed by atoms with Gasteiger partial charge in [-0.15, -0.1) is 0 Å². The Bertz CT molecular complexity index is 586. The maximum atomic E-state index is 13.4. The molecule has 5 nitrogen and oxygen atoms in total. The van der Waals surface area contributed by atoms with Gasteiger partial charge in [-0.3, -0.25) is 14.9 Å². The van der Waals surface area contributed by atoms with Crippen LogP contribution in [-0.4, -0.2) is 28.5 Å². The highest BCUT2D eigenvalue weighted by Crippen LogP contribution is 2.32. The lowest BCUT2D eigenvalue weighted by Crippen LogP contribution is -2.43. The third kappa shape index (κ3) is 2.43. The number of halogens is 4. The van der Waals surface area contributed by atoms with Gasteiger partial charge in [-0.1, -0.05) is 6.07 Å². The summed E-state index contributed by atoms with van der Waals surface area (Å²) in [5.41, 5.74) is -0.676. The van der Waals surface area contributed by atoms with E-state index in [9.17, 15) is 32.5 Å². The maximum Gasteiger partial charge on any atom is 0.471 e. The average molecular weight is 292 g/mol. The summed E-state index contributed by atoms with van der Waals surface area (Å²) in [5.74, 6) is -3.21. The predicted molar refractivity (Wildman–Crippen MR) is 58.2 cm³/mol. The molecule has 0 saturated carbocycles. The third-order valence-electron chi connectivity index (χ3n) is 3.04. The van der Waals surface area contributed by atoms with Gasteiger partial charge in [-0.2, -0.15) is 17.6 Å². The second-order valence-corrected chi connectivity index (χ2v) is 4.27. The Kier molecular flexibility index (Phi) is 3.36. The number of rotatable bonds is 1. The number of amides is 1. The molecule has 1 amide bonds. The molecule has 9 heteroatoms. The smallest absolute Gasteiger partial charge is 0.330 e. The van der Waals surface area contributed by atoms with Crippen LogP contribution in [0.1, 0.15) is 11.1 Å². The second kappa shape index (κ2) is 4.73. The van der Waals surface area contributed by atoms with Crippen LogP contribution in [0.2, 0.25) is 0 Å². The zero-order chi connectivity index (χ0) is 15.1. The molecule has 2 rings (SSSR count). The Morgan fingerprint density at radius 1 is 1.35 bits per heavy atom. The monoisotopic (exact) mass is 292 g/mol. The van der Waals surface area contributed by atoms with Crippen LogP contribution in [0, 0.1) is 15.9 Å². The van der Waals surface area contributed by atoms with E-state index in [-0.39, 0.29) is 18.5 Å². The summed E-state index contributed by atoms with van der Waals surface area (Å²) in [4.78, 5) is 21.4. The molecule has 0 saturated heterocycles. The minimum absolute atomic E-state index is 0.0122. The lowest BCUT2D eigenvalue weighted by Gasteiger charge is -2.29. The van der Waals surface area contributed by atoms with Gasteiger partial charge in [0.2, 0.25) is 5.82 Å². The molecule has 1 aliphatic rings. The summed E-state index contributed by atoms with van der Waals surface area (Å²) in [6.07, 6.45) is -5.04. The van der Waals surface area contributed by atoms with E-state index in [1.54, 1.807) is 0 Å². The van der Waals surface area contributed by atoms with Crippen LogP contribution in [0.15, 0.2) is 12.1 Å². The first-order valence-electron chi connectivity index (χ1n) is 5.52. The molecule has 0 N–H and O–H groups in total. The zero-order valence-corrected chi connectivity index (χ0v) is 9.91. The van der Waals surface area contributed by atoms with Crippen LogP contribution in [0.3, 0.4) is 0 Å². The van der Waals surface area contributed by atoms with Crippen molar-refractivity contribution < 1.29 is 27.3 Å². The maximum absolute atomic E-state index is 13.4. The highest BCUT2D eigenvalue weighted by atomic mass is 19.4. The largest absolute Gasteiger partial charge is 0.471 e. The quantitative estimate of drug-likeness (QED) is 0.453. The Labute approximate surface area is 109 Å². The van der Waals surface area contributed by atoms with Gasteiger partial charge in [0.1, 0.15) is 0 Å². The van der Waals surface area contributed by atoms with Gasteiger partial charge >= 0.3 is 17.8 Å². The van der Waals surface area contributed by atoms with Crippen molar-refractivity contribution in [1.29, 1.82) is 0 Å². The number of hydrogen-bond acceptors (Lipinski definition) is 3. The van der Waals surface area contributed by atoms with Gasteiger partial charge in [0.05, 0.1) is 17.0 Å². The van der Waals surface area contributed by atoms with Crippen molar-refractivity contribution in [1.82, 2.24) is 4.90 Å². The van der Waals surface area contributed by atoms with Crippen LogP contribution in [0.25, 0.3) is 0 Å². The lowest BCUT2D eigenvalue weighted by atomic mass is 9.97. The van der Waals surface area contributed by atoms with Gasteiger partial charge in [0.25, 0.3) is 0 Å².